The maximum absolute atomic E-state index is 13.0. The molecule has 2 aliphatic carbocycles. The summed E-state index contributed by atoms with van der Waals surface area (Å²) in [7, 11) is 0. The Morgan fingerprint density at radius 3 is 2.12 bits per heavy atom. The fraction of sp³-hybridized carbons (Fsp3) is 0.312. The van der Waals surface area contributed by atoms with Crippen LogP contribution in [0.5, 0.6) is 0 Å². The Morgan fingerprint density at radius 1 is 0.765 bits per heavy atom. The molecule has 0 saturated carbocycles. The summed E-state index contributed by atoms with van der Waals surface area (Å²) in [5.74, 6) is 0.671. The van der Waals surface area contributed by atoms with Crippen LogP contribution in [0.2, 0.25) is 0 Å². The van der Waals surface area contributed by atoms with E-state index in [4.69, 9.17) is 0 Å². The third kappa shape index (κ3) is 2.76. The van der Waals surface area contributed by atoms with Crippen molar-refractivity contribution in [3.63, 3.8) is 0 Å². The zero-order chi connectivity index (χ0) is 22.8. The normalized spacial score (nSPS) is 25.1. The lowest BCUT2D eigenvalue weighted by Crippen LogP contribution is -2.46. The van der Waals surface area contributed by atoms with E-state index in [2.05, 4.69) is 96.3 Å². The smallest absolute Gasteiger partial charge is 0.0943 e. The van der Waals surface area contributed by atoms with Gasteiger partial charge in [-0.05, 0) is 83.3 Å². The van der Waals surface area contributed by atoms with Crippen LogP contribution in [0.4, 0.5) is 0 Å². The van der Waals surface area contributed by atoms with E-state index in [1.165, 1.54) is 33.0 Å². The Hall–Kier alpha value is -2.94. The molecule has 1 saturated heterocycles. The van der Waals surface area contributed by atoms with Gasteiger partial charge in [0.1, 0.15) is 0 Å². The van der Waals surface area contributed by atoms with Gasteiger partial charge in [-0.25, -0.2) is 0 Å². The van der Waals surface area contributed by atoms with Crippen molar-refractivity contribution >= 4 is 10.8 Å². The van der Waals surface area contributed by atoms with E-state index in [1.807, 2.05) is 0 Å². The van der Waals surface area contributed by atoms with Crippen molar-refractivity contribution in [3.05, 3.63) is 119 Å². The number of hydrogen-bond donors (Lipinski definition) is 2. The van der Waals surface area contributed by atoms with Gasteiger partial charge in [0.15, 0.2) is 0 Å². The van der Waals surface area contributed by atoms with Gasteiger partial charge in [0, 0.05) is 11.3 Å². The molecule has 7 rings (SSSR count). The second-order valence-corrected chi connectivity index (χ2v) is 10.7. The van der Waals surface area contributed by atoms with Crippen molar-refractivity contribution < 1.29 is 5.11 Å². The van der Waals surface area contributed by atoms with E-state index < -0.39 is 5.60 Å². The summed E-state index contributed by atoms with van der Waals surface area (Å²) >= 11 is 0. The van der Waals surface area contributed by atoms with Crippen LogP contribution < -0.4 is 5.32 Å². The van der Waals surface area contributed by atoms with E-state index in [9.17, 15) is 5.11 Å². The molecule has 2 bridgehead atoms. The van der Waals surface area contributed by atoms with Crippen LogP contribution in [0.25, 0.3) is 10.8 Å². The first-order valence-corrected chi connectivity index (χ1v) is 12.8. The first kappa shape index (κ1) is 20.4. The third-order valence-corrected chi connectivity index (χ3v) is 9.10. The fourth-order valence-electron chi connectivity index (χ4n) is 7.66. The van der Waals surface area contributed by atoms with Crippen LogP contribution in [0.1, 0.15) is 59.4 Å². The predicted octanol–water partition coefficient (Wildman–Crippen LogP) is 6.25. The van der Waals surface area contributed by atoms with Gasteiger partial charge in [-0.15, -0.1) is 0 Å². The highest BCUT2D eigenvalue weighted by atomic mass is 16.3. The molecule has 0 radical (unpaired) electrons. The minimum Gasteiger partial charge on any atom is -0.385 e. The Labute approximate surface area is 201 Å². The summed E-state index contributed by atoms with van der Waals surface area (Å²) in [4.78, 5) is 0. The average molecular weight is 446 g/mol. The van der Waals surface area contributed by atoms with Crippen molar-refractivity contribution in [2.24, 2.45) is 5.92 Å². The van der Waals surface area contributed by atoms with Crippen LogP contribution in [0.15, 0.2) is 91.0 Å². The van der Waals surface area contributed by atoms with Gasteiger partial charge < -0.3 is 10.4 Å². The van der Waals surface area contributed by atoms with E-state index in [0.717, 1.165) is 44.3 Å². The molecule has 3 aliphatic rings. The molecular weight excluding hydrogens is 414 g/mol. The third-order valence-electron chi connectivity index (χ3n) is 9.10. The number of rotatable bonds is 4. The van der Waals surface area contributed by atoms with Crippen LogP contribution in [-0.4, -0.2) is 18.2 Å². The Balaban J connectivity index is 1.46. The summed E-state index contributed by atoms with van der Waals surface area (Å²) in [5.41, 5.74) is 5.87. The Morgan fingerprint density at radius 2 is 1.38 bits per heavy atom. The van der Waals surface area contributed by atoms with Crippen molar-refractivity contribution in [2.45, 2.75) is 42.6 Å². The molecule has 0 aromatic heterocycles. The van der Waals surface area contributed by atoms with Crippen LogP contribution in [-0.2, 0) is 11.0 Å². The SMILES string of the molecule is OC(CC12CC(c3ccccc31)c1ccccc12)(c1cccc2ccccc12)C1CCNCC1. The van der Waals surface area contributed by atoms with Gasteiger partial charge in [0.2, 0.25) is 0 Å². The van der Waals surface area contributed by atoms with Crippen LogP contribution in [0, 0.1) is 5.92 Å². The largest absolute Gasteiger partial charge is 0.385 e. The van der Waals surface area contributed by atoms with Gasteiger partial charge in [-0.2, -0.15) is 0 Å². The van der Waals surface area contributed by atoms with Crippen molar-refractivity contribution in [1.82, 2.24) is 5.32 Å². The highest BCUT2D eigenvalue weighted by Gasteiger charge is 2.57. The average Bonchev–Trinajstić information content (AvgIpc) is 3.41. The quantitative estimate of drug-likeness (QED) is 0.389. The standard InChI is InChI=1S/C32H31NO/c34-32(23-16-18-33-19-17-23,30-15-7-9-22-8-1-2-10-24(22)30)21-31-20-27(25-11-3-5-13-28(25)31)26-12-4-6-14-29(26)31/h1-15,23,27,33-34H,16-21H2. The number of aliphatic hydroxyl groups is 1. The number of hydrogen-bond acceptors (Lipinski definition) is 2. The number of nitrogens with one attached hydrogen (secondary N) is 1. The highest BCUT2D eigenvalue weighted by molar-refractivity contribution is 5.86. The highest BCUT2D eigenvalue weighted by Crippen LogP contribution is 2.64. The van der Waals surface area contributed by atoms with Gasteiger partial charge in [-0.1, -0.05) is 91.0 Å². The molecule has 2 heteroatoms. The van der Waals surface area contributed by atoms with Gasteiger partial charge in [0.05, 0.1) is 5.60 Å². The molecule has 4 aromatic rings. The summed E-state index contributed by atoms with van der Waals surface area (Å²) in [6.45, 7) is 1.95. The summed E-state index contributed by atoms with van der Waals surface area (Å²) in [6.07, 6.45) is 3.82. The summed E-state index contributed by atoms with van der Waals surface area (Å²) < 4.78 is 0. The molecule has 1 aliphatic heterocycles. The lowest BCUT2D eigenvalue weighted by atomic mass is 9.62. The molecule has 2 N–H and O–H groups in total. The van der Waals surface area contributed by atoms with Crippen molar-refractivity contribution in [3.8, 4) is 0 Å². The van der Waals surface area contributed by atoms with Crippen molar-refractivity contribution in [2.75, 3.05) is 13.1 Å². The first-order chi connectivity index (χ1) is 16.7. The van der Waals surface area contributed by atoms with Crippen LogP contribution >= 0.6 is 0 Å². The molecule has 0 amide bonds. The maximum Gasteiger partial charge on any atom is 0.0943 e. The molecular formula is C32H31NO. The monoisotopic (exact) mass is 445 g/mol. The fourth-order valence-corrected chi connectivity index (χ4v) is 7.66. The molecule has 4 aromatic carbocycles. The van der Waals surface area contributed by atoms with E-state index >= 15 is 0 Å². The zero-order valence-electron chi connectivity index (χ0n) is 19.5. The lowest BCUT2D eigenvalue weighted by Gasteiger charge is -2.45. The minimum absolute atomic E-state index is 0.144. The second-order valence-electron chi connectivity index (χ2n) is 10.7. The molecule has 0 spiro atoms. The van der Waals surface area contributed by atoms with E-state index in [0.29, 0.717) is 5.92 Å². The first-order valence-electron chi connectivity index (χ1n) is 12.8. The number of benzene rings is 4. The molecule has 1 heterocycles. The summed E-state index contributed by atoms with van der Waals surface area (Å²) in [6, 6.07) is 33.1. The second kappa shape index (κ2) is 7.53. The topological polar surface area (TPSA) is 32.3 Å². The number of piperidine rings is 1. The van der Waals surface area contributed by atoms with Gasteiger partial charge >= 0.3 is 0 Å². The molecule has 170 valence electrons. The van der Waals surface area contributed by atoms with Crippen molar-refractivity contribution in [1.29, 1.82) is 0 Å². The Kier molecular flexibility index (Phi) is 4.53. The number of fused-ring (bicyclic) bond motifs is 9. The van der Waals surface area contributed by atoms with E-state index in [1.54, 1.807) is 0 Å². The Bertz CT molecular complexity index is 1330. The molecule has 34 heavy (non-hydrogen) atoms. The van der Waals surface area contributed by atoms with Gasteiger partial charge in [0.25, 0.3) is 0 Å². The van der Waals surface area contributed by atoms with Gasteiger partial charge in [-0.3, -0.25) is 0 Å². The molecule has 1 fully saturated rings. The molecule has 1 unspecified atom stereocenters. The minimum atomic E-state index is -0.900. The summed E-state index contributed by atoms with van der Waals surface area (Å²) in [5, 5.41) is 18.9. The lowest BCUT2D eigenvalue weighted by molar-refractivity contribution is -0.0552. The van der Waals surface area contributed by atoms with E-state index in [-0.39, 0.29) is 11.3 Å². The maximum atomic E-state index is 13.0. The molecule has 2 nitrogen and oxygen atoms in total. The predicted molar refractivity (Wildman–Crippen MR) is 138 cm³/mol. The molecule has 1 atom stereocenters. The zero-order valence-corrected chi connectivity index (χ0v) is 19.5. The van der Waals surface area contributed by atoms with Crippen LogP contribution in [0.3, 0.4) is 0 Å².